The van der Waals surface area contributed by atoms with Crippen LogP contribution in [0.3, 0.4) is 0 Å². The van der Waals surface area contributed by atoms with Crippen molar-refractivity contribution >= 4 is 17.7 Å². The maximum atomic E-state index is 12.6. The largest absolute Gasteiger partial charge is 0.340 e. The molecule has 3 rings (SSSR count). The molecule has 3 saturated heterocycles. The van der Waals surface area contributed by atoms with Crippen molar-refractivity contribution in [2.45, 2.75) is 25.8 Å². The number of likely N-dealkylation sites (N-methyl/N-ethyl adjacent to an activating group) is 1. The highest BCUT2D eigenvalue weighted by Crippen LogP contribution is 2.33. The van der Waals surface area contributed by atoms with Crippen LogP contribution in [0, 0.1) is 11.8 Å². The second-order valence-corrected chi connectivity index (χ2v) is 5.98. The topological polar surface area (TPSA) is 60.9 Å². The molecule has 3 fully saturated rings. The van der Waals surface area contributed by atoms with Gasteiger partial charge in [-0.15, -0.1) is 0 Å². The lowest BCUT2D eigenvalue weighted by Crippen LogP contribution is -2.46. The van der Waals surface area contributed by atoms with E-state index in [2.05, 4.69) is 11.8 Å². The number of rotatable bonds is 2. The van der Waals surface area contributed by atoms with Crippen molar-refractivity contribution < 1.29 is 14.4 Å². The van der Waals surface area contributed by atoms with Crippen molar-refractivity contribution in [3.8, 4) is 0 Å². The average molecular weight is 279 g/mol. The predicted molar refractivity (Wildman–Crippen MR) is 71.6 cm³/mol. The molecule has 0 radical (unpaired) electrons. The highest BCUT2D eigenvalue weighted by molar-refractivity contribution is 6.06. The van der Waals surface area contributed by atoms with E-state index >= 15 is 0 Å². The van der Waals surface area contributed by atoms with Crippen LogP contribution in [0.15, 0.2) is 0 Å². The molecule has 0 aromatic rings. The Labute approximate surface area is 118 Å². The fraction of sp³-hybridized carbons (Fsp3) is 0.786. The Morgan fingerprint density at radius 3 is 2.35 bits per heavy atom. The second kappa shape index (κ2) is 4.84. The Morgan fingerprint density at radius 2 is 1.80 bits per heavy atom. The van der Waals surface area contributed by atoms with Gasteiger partial charge in [0.25, 0.3) is 0 Å². The van der Waals surface area contributed by atoms with Gasteiger partial charge in [-0.2, -0.15) is 0 Å². The van der Waals surface area contributed by atoms with Crippen LogP contribution in [0.4, 0.5) is 0 Å². The number of likely N-dealkylation sites (tertiary alicyclic amines) is 3. The lowest BCUT2D eigenvalue weighted by atomic mass is 10.00. The van der Waals surface area contributed by atoms with Gasteiger partial charge < -0.3 is 4.90 Å². The summed E-state index contributed by atoms with van der Waals surface area (Å²) in [6.07, 6.45) is 1.94. The minimum atomic E-state index is -0.312. The summed E-state index contributed by atoms with van der Waals surface area (Å²) in [5.41, 5.74) is 0. The molecular formula is C14H21N3O3. The zero-order valence-electron chi connectivity index (χ0n) is 12.0. The molecule has 110 valence electrons. The number of hydrogen-bond donors (Lipinski definition) is 0. The van der Waals surface area contributed by atoms with Crippen LogP contribution in [0.1, 0.15) is 19.8 Å². The molecule has 0 aromatic carbocycles. The molecule has 6 nitrogen and oxygen atoms in total. The van der Waals surface area contributed by atoms with E-state index in [1.807, 2.05) is 0 Å². The minimum Gasteiger partial charge on any atom is -0.340 e. The van der Waals surface area contributed by atoms with Gasteiger partial charge in [0.2, 0.25) is 17.7 Å². The quantitative estimate of drug-likeness (QED) is 0.642. The lowest BCUT2D eigenvalue weighted by Gasteiger charge is -2.27. The van der Waals surface area contributed by atoms with Gasteiger partial charge in [-0.1, -0.05) is 6.92 Å². The smallest absolute Gasteiger partial charge is 0.239 e. The number of nitrogens with zero attached hydrogens (tertiary/aromatic N) is 3. The highest BCUT2D eigenvalue weighted by atomic mass is 16.2. The predicted octanol–water partition coefficient (Wildman–Crippen LogP) is -0.456. The van der Waals surface area contributed by atoms with Gasteiger partial charge in [-0.25, -0.2) is 0 Å². The summed E-state index contributed by atoms with van der Waals surface area (Å²) in [6, 6.07) is -0.0539. The Bertz CT molecular complexity index is 441. The number of imide groups is 1. The summed E-state index contributed by atoms with van der Waals surface area (Å²) in [7, 11) is 1.53. The highest BCUT2D eigenvalue weighted by Gasteiger charge is 2.52. The summed E-state index contributed by atoms with van der Waals surface area (Å²) in [4.78, 5) is 41.7. The molecule has 20 heavy (non-hydrogen) atoms. The van der Waals surface area contributed by atoms with E-state index in [1.165, 1.54) is 11.9 Å². The summed E-state index contributed by atoms with van der Waals surface area (Å²) in [6.45, 7) is 4.72. The third-order valence-electron chi connectivity index (χ3n) is 4.98. The molecular weight excluding hydrogens is 258 g/mol. The molecule has 0 N–H and O–H groups in total. The van der Waals surface area contributed by atoms with Crippen molar-refractivity contribution in [2.75, 3.05) is 33.2 Å². The van der Waals surface area contributed by atoms with Crippen molar-refractivity contribution in [3.63, 3.8) is 0 Å². The number of amides is 3. The van der Waals surface area contributed by atoms with Gasteiger partial charge in [0, 0.05) is 20.1 Å². The third-order valence-corrected chi connectivity index (χ3v) is 4.98. The first kappa shape index (κ1) is 13.5. The second-order valence-electron chi connectivity index (χ2n) is 5.98. The fourth-order valence-electron chi connectivity index (χ4n) is 3.79. The standard InChI is InChI=1S/C14H21N3O3/c1-3-16-6-4-5-11(16)14(20)17-7-9-10(8-17)13(19)15(2)12(9)18/h9-11H,3-8H2,1-2H3/t9-,10+,11-/m0/s1. The molecule has 0 bridgehead atoms. The number of fused-ring (bicyclic) bond motifs is 1. The molecule has 0 aromatic heterocycles. The maximum Gasteiger partial charge on any atom is 0.239 e. The molecule has 0 unspecified atom stereocenters. The van der Waals surface area contributed by atoms with Crippen LogP contribution >= 0.6 is 0 Å². The SMILES string of the molecule is CCN1CCC[C@H]1C(=O)N1C[C@@H]2C(=O)N(C)C(=O)[C@@H]2C1. The van der Waals surface area contributed by atoms with Crippen molar-refractivity contribution in [3.05, 3.63) is 0 Å². The van der Waals surface area contributed by atoms with Crippen LogP contribution in [-0.2, 0) is 14.4 Å². The van der Waals surface area contributed by atoms with Crippen LogP contribution in [-0.4, -0.2) is 71.7 Å². The Balaban J connectivity index is 1.71. The van der Waals surface area contributed by atoms with E-state index < -0.39 is 0 Å². The van der Waals surface area contributed by atoms with Crippen molar-refractivity contribution in [1.29, 1.82) is 0 Å². The Kier molecular flexibility index (Phi) is 3.28. The van der Waals surface area contributed by atoms with Crippen LogP contribution in [0.2, 0.25) is 0 Å². The van der Waals surface area contributed by atoms with Gasteiger partial charge >= 0.3 is 0 Å². The van der Waals surface area contributed by atoms with E-state index in [9.17, 15) is 14.4 Å². The Hall–Kier alpha value is -1.43. The van der Waals surface area contributed by atoms with Gasteiger partial charge in [0.05, 0.1) is 17.9 Å². The first-order valence-corrected chi connectivity index (χ1v) is 7.38. The average Bonchev–Trinajstić information content (AvgIpc) is 3.13. The van der Waals surface area contributed by atoms with Crippen molar-refractivity contribution in [1.82, 2.24) is 14.7 Å². The zero-order chi connectivity index (χ0) is 14.4. The van der Waals surface area contributed by atoms with E-state index in [0.29, 0.717) is 13.1 Å². The first-order valence-electron chi connectivity index (χ1n) is 7.38. The summed E-state index contributed by atoms with van der Waals surface area (Å²) >= 11 is 0. The number of hydrogen-bond acceptors (Lipinski definition) is 4. The molecule has 0 spiro atoms. The van der Waals surface area contributed by atoms with Crippen LogP contribution < -0.4 is 0 Å². The van der Waals surface area contributed by atoms with Gasteiger partial charge in [0.1, 0.15) is 0 Å². The molecule has 3 aliphatic heterocycles. The van der Waals surface area contributed by atoms with E-state index in [0.717, 1.165) is 25.9 Å². The monoisotopic (exact) mass is 279 g/mol. The number of carbonyl (C=O) groups is 3. The number of carbonyl (C=O) groups excluding carboxylic acids is 3. The van der Waals surface area contributed by atoms with Gasteiger partial charge in [-0.05, 0) is 25.9 Å². The minimum absolute atomic E-state index is 0.0539. The summed E-state index contributed by atoms with van der Waals surface area (Å²) < 4.78 is 0. The molecule has 3 atom stereocenters. The first-order chi connectivity index (χ1) is 9.54. The van der Waals surface area contributed by atoms with Gasteiger partial charge in [-0.3, -0.25) is 24.2 Å². The Morgan fingerprint density at radius 1 is 1.20 bits per heavy atom. The maximum absolute atomic E-state index is 12.6. The molecule has 3 heterocycles. The van der Waals surface area contributed by atoms with Gasteiger partial charge in [0.15, 0.2) is 0 Å². The third kappa shape index (κ3) is 1.85. The fourth-order valence-corrected chi connectivity index (χ4v) is 3.79. The zero-order valence-corrected chi connectivity index (χ0v) is 12.0. The lowest BCUT2D eigenvalue weighted by molar-refractivity contribution is -0.140. The normalized spacial score (nSPS) is 34.2. The molecule has 0 saturated carbocycles. The van der Waals surface area contributed by atoms with E-state index in [-0.39, 0.29) is 35.6 Å². The summed E-state index contributed by atoms with van der Waals surface area (Å²) in [5, 5.41) is 0. The summed E-state index contributed by atoms with van der Waals surface area (Å²) in [5.74, 6) is -0.786. The molecule has 0 aliphatic carbocycles. The molecule has 3 amide bonds. The van der Waals surface area contributed by atoms with Crippen molar-refractivity contribution in [2.24, 2.45) is 11.8 Å². The van der Waals surface area contributed by atoms with E-state index in [1.54, 1.807) is 4.90 Å². The van der Waals surface area contributed by atoms with Crippen LogP contribution in [0.5, 0.6) is 0 Å². The van der Waals surface area contributed by atoms with Crippen LogP contribution in [0.25, 0.3) is 0 Å². The molecule has 3 aliphatic rings. The molecule has 6 heteroatoms. The van der Waals surface area contributed by atoms with E-state index in [4.69, 9.17) is 0 Å².